The molecule has 2 saturated carbocycles. The van der Waals surface area contributed by atoms with E-state index >= 15 is 0 Å². The maximum atomic E-state index is 14.6. The molecule has 1 aromatic heterocycles. The van der Waals surface area contributed by atoms with Crippen molar-refractivity contribution in [2.45, 2.75) is 74.7 Å². The number of alkyl halides is 4. The van der Waals surface area contributed by atoms with Crippen LogP contribution >= 0.6 is 0 Å². The lowest BCUT2D eigenvalue weighted by Gasteiger charge is -2.40. The molecule has 0 spiro atoms. The highest BCUT2D eigenvalue weighted by Gasteiger charge is 2.51. The summed E-state index contributed by atoms with van der Waals surface area (Å²) in [6, 6.07) is 12.9. The molecule has 3 aliphatic heterocycles. The minimum atomic E-state index is -2.84. The second kappa shape index (κ2) is 9.07. The van der Waals surface area contributed by atoms with Gasteiger partial charge in [-0.15, -0.1) is 0 Å². The number of aliphatic hydroxyl groups is 2. The van der Waals surface area contributed by atoms with Crippen LogP contribution in [0.5, 0.6) is 0 Å². The zero-order chi connectivity index (χ0) is 29.0. The molecule has 2 fully saturated rings. The third-order valence-electron chi connectivity index (χ3n) is 10.2. The second-order valence-corrected chi connectivity index (χ2v) is 12.7. The third-order valence-corrected chi connectivity index (χ3v) is 10.2. The van der Waals surface area contributed by atoms with Gasteiger partial charge in [0.15, 0.2) is 0 Å². The van der Waals surface area contributed by atoms with Crippen molar-refractivity contribution in [3.63, 3.8) is 0 Å². The highest BCUT2D eigenvalue weighted by Crippen LogP contribution is 2.54. The van der Waals surface area contributed by atoms with Crippen molar-refractivity contribution in [2.24, 2.45) is 11.8 Å². The molecule has 0 unspecified atom stereocenters. The smallest absolute Gasteiger partial charge is 0.248 e. The van der Waals surface area contributed by atoms with Gasteiger partial charge in [-0.2, -0.15) is 0 Å². The number of nitrogens with zero attached hydrogens (tertiary/aromatic N) is 4. The van der Waals surface area contributed by atoms with Crippen LogP contribution in [0.1, 0.15) is 67.3 Å². The van der Waals surface area contributed by atoms with Crippen molar-refractivity contribution in [2.75, 3.05) is 11.6 Å². The first-order valence-electron chi connectivity index (χ1n) is 14.7. The predicted molar refractivity (Wildman–Crippen MR) is 149 cm³/mol. The number of anilines is 1. The average molecular weight is 581 g/mol. The molecule has 5 aliphatic rings. The number of aromatic nitrogens is 2. The maximum absolute atomic E-state index is 14.6. The van der Waals surface area contributed by atoms with Gasteiger partial charge < -0.3 is 24.6 Å². The molecule has 220 valence electrons. The molecule has 8 rings (SSSR count). The Balaban J connectivity index is 1.16. The Labute approximate surface area is 240 Å². The molecule has 6 atom stereocenters. The van der Waals surface area contributed by atoms with E-state index < -0.39 is 48.4 Å². The first-order valence-corrected chi connectivity index (χ1v) is 14.7. The summed E-state index contributed by atoms with van der Waals surface area (Å²) in [5.41, 5.74) is 6.32. The van der Waals surface area contributed by atoms with Gasteiger partial charge in [-0.3, -0.25) is 0 Å². The van der Waals surface area contributed by atoms with Gasteiger partial charge in [0.25, 0.3) is 0 Å². The molecule has 6 nitrogen and oxygen atoms in total. The third kappa shape index (κ3) is 3.94. The fraction of sp³-hybridized carbons (Fsp3) is 0.469. The predicted octanol–water partition coefficient (Wildman–Crippen LogP) is 6.18. The minimum absolute atomic E-state index is 0.0489. The number of imidazole rings is 1. The molecule has 42 heavy (non-hydrogen) atoms. The van der Waals surface area contributed by atoms with Gasteiger partial charge >= 0.3 is 0 Å². The van der Waals surface area contributed by atoms with Gasteiger partial charge in [-0.05, 0) is 36.1 Å². The molecule has 0 radical (unpaired) electrons. The Morgan fingerprint density at radius 1 is 0.810 bits per heavy atom. The number of hydrogen-bond acceptors (Lipinski definition) is 5. The molecule has 2 aromatic carbocycles. The number of halogens is 4. The van der Waals surface area contributed by atoms with Crippen LogP contribution in [0.3, 0.4) is 0 Å². The van der Waals surface area contributed by atoms with Crippen LogP contribution in [0, 0.1) is 11.8 Å². The van der Waals surface area contributed by atoms with E-state index in [1.54, 1.807) is 12.5 Å². The Kier molecular flexibility index (Phi) is 5.67. The fourth-order valence-electron chi connectivity index (χ4n) is 8.22. The number of hydrogen-bond donors (Lipinski definition) is 2. The van der Waals surface area contributed by atoms with Crippen LogP contribution in [-0.2, 0) is 0 Å². The largest absolute Gasteiger partial charge is 0.393 e. The summed E-state index contributed by atoms with van der Waals surface area (Å²) >= 11 is 0. The molecule has 0 saturated heterocycles. The summed E-state index contributed by atoms with van der Waals surface area (Å²) in [5.74, 6) is -6.93. The van der Waals surface area contributed by atoms with Crippen molar-refractivity contribution < 1.29 is 27.8 Å². The van der Waals surface area contributed by atoms with Crippen molar-refractivity contribution in [1.29, 1.82) is 0 Å². The molecule has 2 N–H and O–H groups in total. The Morgan fingerprint density at radius 3 is 2.24 bits per heavy atom. The summed E-state index contributed by atoms with van der Waals surface area (Å²) in [4.78, 5) is 8.44. The summed E-state index contributed by atoms with van der Waals surface area (Å²) in [7, 11) is 0. The fourth-order valence-corrected chi connectivity index (χ4v) is 8.22. The Morgan fingerprint density at radius 2 is 1.50 bits per heavy atom. The van der Waals surface area contributed by atoms with E-state index in [0.29, 0.717) is 6.67 Å². The first kappa shape index (κ1) is 26.3. The Bertz CT molecular complexity index is 1590. The SMILES string of the molecule is O[C@@H]1CCC(F)(F)C[C@@H]1[C@@H]1c2cc(N3C=C4c5ccccc5[C@@H]([C@H]5CC(F)(F)CC[C@@H]5O)N4C3)ccc2-c2cncn21. The van der Waals surface area contributed by atoms with E-state index in [1.165, 1.54) is 0 Å². The lowest BCUT2D eigenvalue weighted by atomic mass is 9.77. The van der Waals surface area contributed by atoms with Crippen LogP contribution < -0.4 is 4.90 Å². The highest BCUT2D eigenvalue weighted by molar-refractivity contribution is 5.79. The van der Waals surface area contributed by atoms with Gasteiger partial charge in [0.1, 0.15) is 0 Å². The van der Waals surface area contributed by atoms with E-state index in [1.807, 2.05) is 53.2 Å². The van der Waals surface area contributed by atoms with E-state index in [4.69, 9.17) is 0 Å². The summed E-state index contributed by atoms with van der Waals surface area (Å²) < 4.78 is 60.3. The molecular formula is C32H32F4N4O2. The van der Waals surface area contributed by atoms with Gasteiger partial charge in [0.05, 0.1) is 54.9 Å². The highest BCUT2D eigenvalue weighted by atomic mass is 19.3. The van der Waals surface area contributed by atoms with E-state index in [9.17, 15) is 27.8 Å². The molecule has 2 aliphatic carbocycles. The van der Waals surface area contributed by atoms with E-state index in [-0.39, 0.29) is 38.1 Å². The van der Waals surface area contributed by atoms with Crippen LogP contribution in [0.15, 0.2) is 61.2 Å². The maximum Gasteiger partial charge on any atom is 0.248 e. The van der Waals surface area contributed by atoms with Crippen molar-refractivity contribution >= 4 is 11.4 Å². The summed E-state index contributed by atoms with van der Waals surface area (Å²) in [5, 5.41) is 21.8. The van der Waals surface area contributed by atoms with Gasteiger partial charge in [0, 0.05) is 60.5 Å². The summed E-state index contributed by atoms with van der Waals surface area (Å²) in [6.45, 7) is 0.408. The molecule has 10 heteroatoms. The van der Waals surface area contributed by atoms with Gasteiger partial charge in [0.2, 0.25) is 11.8 Å². The van der Waals surface area contributed by atoms with Crippen LogP contribution in [-0.4, -0.2) is 55.4 Å². The molecular weight excluding hydrogens is 548 g/mol. The quantitative estimate of drug-likeness (QED) is 0.363. The zero-order valence-corrected chi connectivity index (χ0v) is 22.9. The lowest BCUT2D eigenvalue weighted by molar-refractivity contribution is -0.106. The topological polar surface area (TPSA) is 64.8 Å². The normalized spacial score (nSPS) is 32.3. The van der Waals surface area contributed by atoms with E-state index in [2.05, 4.69) is 14.8 Å². The number of rotatable bonds is 3. The van der Waals surface area contributed by atoms with Gasteiger partial charge in [-0.25, -0.2) is 22.5 Å². The molecule has 3 aromatic rings. The van der Waals surface area contributed by atoms with Crippen LogP contribution in [0.25, 0.3) is 17.0 Å². The second-order valence-electron chi connectivity index (χ2n) is 12.7. The summed E-state index contributed by atoms with van der Waals surface area (Å²) in [6.07, 6.45) is 2.47. The van der Waals surface area contributed by atoms with Crippen LogP contribution in [0.4, 0.5) is 23.2 Å². The van der Waals surface area contributed by atoms with Crippen molar-refractivity contribution in [3.8, 4) is 11.3 Å². The van der Waals surface area contributed by atoms with Crippen molar-refractivity contribution in [1.82, 2.24) is 14.5 Å². The van der Waals surface area contributed by atoms with Gasteiger partial charge in [-0.1, -0.05) is 30.3 Å². The zero-order valence-electron chi connectivity index (χ0n) is 22.9. The minimum Gasteiger partial charge on any atom is -0.393 e. The standard InChI is InChI=1S/C32H32F4N4O2/c33-31(34)9-7-27(41)23(12-31)29-21-4-2-1-3-19(21)26-15-38(17-40(26)29)18-5-6-20-22(11-18)30(39-16-37-14-25(20)39)24-13-32(35,36)10-8-28(24)42/h1-6,11,14-16,23-24,27-30,41-42H,7-10,12-13,17H2/t23-,24-,27-,28+,29-,30-/m0/s1. The lowest BCUT2D eigenvalue weighted by Crippen LogP contribution is -2.43. The monoisotopic (exact) mass is 580 g/mol. The number of aliphatic hydroxyl groups excluding tert-OH is 2. The van der Waals surface area contributed by atoms with Crippen LogP contribution in [0.2, 0.25) is 0 Å². The average Bonchev–Trinajstić information content (AvgIpc) is 3.71. The number of benzene rings is 2. The van der Waals surface area contributed by atoms with E-state index in [0.717, 1.165) is 39.3 Å². The first-order chi connectivity index (χ1) is 20.1. The molecule has 0 bridgehead atoms. The molecule has 0 amide bonds. The Hall–Kier alpha value is -3.37. The number of fused-ring (bicyclic) bond motifs is 6. The molecule has 4 heterocycles. The van der Waals surface area contributed by atoms with Crippen molar-refractivity contribution in [3.05, 3.63) is 77.9 Å².